The average Bonchev–Trinajstić information content (AvgIpc) is 2.85. The zero-order valence-corrected chi connectivity index (χ0v) is 23.5. The molecule has 2 aromatic carbocycles. The van der Waals surface area contributed by atoms with Crippen LogP contribution < -0.4 is 15.0 Å². The number of alkyl carbamates (subject to hydrolysis) is 1. The lowest BCUT2D eigenvalue weighted by atomic mass is 9.89. The third-order valence-electron chi connectivity index (χ3n) is 6.86. The van der Waals surface area contributed by atoms with Gasteiger partial charge in [0.25, 0.3) is 0 Å². The number of anilines is 1. The number of methoxy groups -OCH3 is 1. The first-order valence-corrected chi connectivity index (χ1v) is 13.4. The lowest BCUT2D eigenvalue weighted by Gasteiger charge is -2.39. The summed E-state index contributed by atoms with van der Waals surface area (Å²) in [5, 5.41) is 13.0. The van der Waals surface area contributed by atoms with E-state index in [0.717, 1.165) is 60.4 Å². The zero-order valence-electron chi connectivity index (χ0n) is 23.5. The molecule has 0 heterocycles. The summed E-state index contributed by atoms with van der Waals surface area (Å²) in [6, 6.07) is 11.9. The Hall–Kier alpha value is -3.26. The van der Waals surface area contributed by atoms with E-state index in [9.17, 15) is 14.7 Å². The molecular formula is C30H42N2O6. The third kappa shape index (κ3) is 7.87. The summed E-state index contributed by atoms with van der Waals surface area (Å²) in [5.74, 6) is -0.199. The van der Waals surface area contributed by atoms with Gasteiger partial charge in [0.2, 0.25) is 0 Å². The number of aromatic carboxylic acids is 1. The standard InChI is InChI=1S/C30H42N2O6/c1-7-32(24-12-10-23(11-13-24)31-29(35)38-30(3,4)5)27-19-22(18-26(20(27)2)28(33)34)21-8-14-25(15-9-21)37-17-16-36-6/h8-9,14-15,18-19,23-24H,7,10-13,16-17H2,1-6H3,(H,31,35)(H,33,34)/t23-,24-. The number of amides is 1. The maximum Gasteiger partial charge on any atom is 0.407 e. The minimum Gasteiger partial charge on any atom is -0.491 e. The quantitative estimate of drug-likeness (QED) is 0.364. The molecular weight excluding hydrogens is 484 g/mol. The van der Waals surface area contributed by atoms with Crippen LogP contribution in [-0.2, 0) is 9.47 Å². The van der Waals surface area contributed by atoms with Crippen molar-refractivity contribution in [3.8, 4) is 16.9 Å². The first-order chi connectivity index (χ1) is 18.0. The molecule has 0 bridgehead atoms. The number of ether oxygens (including phenoxy) is 3. The smallest absolute Gasteiger partial charge is 0.407 e. The second-order valence-electron chi connectivity index (χ2n) is 10.8. The van der Waals surface area contributed by atoms with Crippen molar-refractivity contribution in [2.75, 3.05) is 31.8 Å². The minimum atomic E-state index is -0.938. The molecule has 1 aliphatic rings. The molecule has 2 aromatic rings. The predicted molar refractivity (Wildman–Crippen MR) is 149 cm³/mol. The lowest BCUT2D eigenvalue weighted by Crippen LogP contribution is -2.45. The van der Waals surface area contributed by atoms with Gasteiger partial charge in [0.05, 0.1) is 12.2 Å². The second-order valence-corrected chi connectivity index (χ2v) is 10.8. The number of carboxylic acids is 1. The molecule has 1 fully saturated rings. The van der Waals surface area contributed by atoms with Gasteiger partial charge in [-0.05, 0) is 101 Å². The summed E-state index contributed by atoms with van der Waals surface area (Å²) in [6.07, 6.45) is 3.10. The van der Waals surface area contributed by atoms with E-state index in [1.807, 2.05) is 52.0 Å². The van der Waals surface area contributed by atoms with Gasteiger partial charge in [-0.2, -0.15) is 0 Å². The second kappa shape index (κ2) is 13.0. The Bertz CT molecular complexity index is 1090. The van der Waals surface area contributed by atoms with Crippen molar-refractivity contribution in [1.82, 2.24) is 5.32 Å². The van der Waals surface area contributed by atoms with Crippen molar-refractivity contribution in [1.29, 1.82) is 0 Å². The first kappa shape index (κ1) is 29.3. The SMILES string of the molecule is CCN(c1cc(-c2ccc(OCCOC)cc2)cc(C(=O)O)c1C)[C@H]1CC[C@H](NC(=O)OC(C)(C)C)CC1. The van der Waals surface area contributed by atoms with Gasteiger partial charge in [-0.15, -0.1) is 0 Å². The fraction of sp³-hybridized carbons (Fsp3) is 0.533. The molecule has 0 aromatic heterocycles. The van der Waals surface area contributed by atoms with Crippen molar-refractivity contribution in [3.63, 3.8) is 0 Å². The van der Waals surface area contributed by atoms with Crippen molar-refractivity contribution in [2.24, 2.45) is 0 Å². The highest BCUT2D eigenvalue weighted by molar-refractivity contribution is 5.94. The van der Waals surface area contributed by atoms with Crippen LogP contribution in [0.5, 0.6) is 5.75 Å². The number of rotatable bonds is 10. The highest BCUT2D eigenvalue weighted by Gasteiger charge is 2.29. The summed E-state index contributed by atoms with van der Waals surface area (Å²) in [5.41, 5.74) is 3.25. The van der Waals surface area contributed by atoms with E-state index in [2.05, 4.69) is 23.2 Å². The summed E-state index contributed by atoms with van der Waals surface area (Å²) in [6.45, 7) is 11.3. The van der Waals surface area contributed by atoms with Crippen LogP contribution in [0.1, 0.15) is 69.3 Å². The molecule has 1 aliphatic carbocycles. The summed E-state index contributed by atoms with van der Waals surface area (Å²) < 4.78 is 16.1. The van der Waals surface area contributed by atoms with Gasteiger partial charge in [0.15, 0.2) is 0 Å². The van der Waals surface area contributed by atoms with E-state index in [1.165, 1.54) is 0 Å². The molecule has 8 nitrogen and oxygen atoms in total. The topological polar surface area (TPSA) is 97.3 Å². The van der Waals surface area contributed by atoms with E-state index in [1.54, 1.807) is 13.2 Å². The molecule has 0 unspecified atom stereocenters. The number of nitrogens with zero attached hydrogens (tertiary/aromatic N) is 1. The van der Waals surface area contributed by atoms with E-state index >= 15 is 0 Å². The van der Waals surface area contributed by atoms with Gasteiger partial charge < -0.3 is 29.5 Å². The van der Waals surface area contributed by atoms with E-state index in [-0.39, 0.29) is 18.2 Å². The molecule has 38 heavy (non-hydrogen) atoms. The van der Waals surface area contributed by atoms with E-state index in [4.69, 9.17) is 14.2 Å². The normalized spacial score (nSPS) is 17.5. The van der Waals surface area contributed by atoms with Crippen molar-refractivity contribution < 1.29 is 28.9 Å². The van der Waals surface area contributed by atoms with Crippen molar-refractivity contribution >= 4 is 17.7 Å². The summed E-state index contributed by atoms with van der Waals surface area (Å²) >= 11 is 0. The van der Waals surface area contributed by atoms with Crippen LogP contribution in [0.15, 0.2) is 36.4 Å². The van der Waals surface area contributed by atoms with Gasteiger partial charge in [-0.1, -0.05) is 12.1 Å². The zero-order chi connectivity index (χ0) is 27.9. The Labute approximate surface area is 226 Å². The van der Waals surface area contributed by atoms with Gasteiger partial charge in [0.1, 0.15) is 18.0 Å². The molecule has 1 saturated carbocycles. The van der Waals surface area contributed by atoms with Gasteiger partial charge in [0, 0.05) is 31.4 Å². The molecule has 0 aliphatic heterocycles. The third-order valence-corrected chi connectivity index (χ3v) is 6.86. The summed E-state index contributed by atoms with van der Waals surface area (Å²) in [7, 11) is 1.63. The number of carbonyl (C=O) groups excluding carboxylic acids is 1. The molecule has 2 N–H and O–H groups in total. The monoisotopic (exact) mass is 526 g/mol. The summed E-state index contributed by atoms with van der Waals surface area (Å²) in [4.78, 5) is 26.7. The predicted octanol–water partition coefficient (Wildman–Crippen LogP) is 6.05. The fourth-order valence-corrected chi connectivity index (χ4v) is 5.00. The molecule has 208 valence electrons. The molecule has 0 radical (unpaired) electrons. The Morgan fingerprint density at radius 2 is 1.68 bits per heavy atom. The van der Waals surface area contributed by atoms with Crippen LogP contribution in [-0.4, -0.2) is 61.7 Å². The number of hydrogen-bond donors (Lipinski definition) is 2. The van der Waals surface area contributed by atoms with Crippen LogP contribution in [0.25, 0.3) is 11.1 Å². The van der Waals surface area contributed by atoms with Crippen LogP contribution in [0.3, 0.4) is 0 Å². The molecule has 0 atom stereocenters. The molecule has 1 amide bonds. The highest BCUT2D eigenvalue weighted by atomic mass is 16.6. The van der Waals surface area contributed by atoms with Crippen LogP contribution >= 0.6 is 0 Å². The largest absolute Gasteiger partial charge is 0.491 e. The van der Waals surface area contributed by atoms with Crippen LogP contribution in [0, 0.1) is 6.92 Å². The maximum atomic E-state index is 12.2. The number of benzene rings is 2. The minimum absolute atomic E-state index is 0.0754. The van der Waals surface area contributed by atoms with Crippen molar-refractivity contribution in [2.45, 2.75) is 78.0 Å². The van der Waals surface area contributed by atoms with E-state index < -0.39 is 11.6 Å². The van der Waals surface area contributed by atoms with Gasteiger partial charge in [-0.3, -0.25) is 0 Å². The number of nitrogens with one attached hydrogen (secondary N) is 1. The molecule has 3 rings (SSSR count). The van der Waals surface area contributed by atoms with Crippen LogP contribution in [0.4, 0.5) is 10.5 Å². The highest BCUT2D eigenvalue weighted by Crippen LogP contribution is 2.35. The Morgan fingerprint density at radius 1 is 1.03 bits per heavy atom. The molecule has 8 heteroatoms. The first-order valence-electron chi connectivity index (χ1n) is 13.4. The Balaban J connectivity index is 1.79. The number of carbonyl (C=O) groups is 2. The van der Waals surface area contributed by atoms with Gasteiger partial charge in [-0.25, -0.2) is 9.59 Å². The molecule has 0 saturated heterocycles. The lowest BCUT2D eigenvalue weighted by molar-refractivity contribution is 0.0490. The average molecular weight is 527 g/mol. The van der Waals surface area contributed by atoms with Gasteiger partial charge >= 0.3 is 12.1 Å². The maximum absolute atomic E-state index is 12.2. The number of carboxylic acid groups (broad SMARTS) is 1. The van der Waals surface area contributed by atoms with Crippen LogP contribution in [0.2, 0.25) is 0 Å². The van der Waals surface area contributed by atoms with Crippen molar-refractivity contribution in [3.05, 3.63) is 47.5 Å². The molecule has 0 spiro atoms. The fourth-order valence-electron chi connectivity index (χ4n) is 5.00. The Kier molecular flexibility index (Phi) is 10.0. The Morgan fingerprint density at radius 3 is 2.24 bits per heavy atom. The number of hydrogen-bond acceptors (Lipinski definition) is 6. The van der Waals surface area contributed by atoms with E-state index in [0.29, 0.717) is 18.8 Å².